The average molecular weight is 840 g/mol. The molecule has 0 amide bonds. The van der Waals surface area contributed by atoms with Gasteiger partial charge in [0.25, 0.3) is 0 Å². The first-order valence-electron chi connectivity index (χ1n) is 20.2. The van der Waals surface area contributed by atoms with Crippen LogP contribution in [0.4, 0.5) is 0 Å². The second-order valence-electron chi connectivity index (χ2n) is 15.6. The Morgan fingerprint density at radius 1 is 0.500 bits per heavy atom. The molecule has 0 saturated heterocycles. The van der Waals surface area contributed by atoms with Gasteiger partial charge in [0, 0.05) is 108 Å². The summed E-state index contributed by atoms with van der Waals surface area (Å²) in [5.41, 5.74) is 12.1. The number of aliphatic imine (C=N–C) groups is 2. The van der Waals surface area contributed by atoms with Gasteiger partial charge in [0.05, 0.1) is 33.7 Å². The summed E-state index contributed by atoms with van der Waals surface area (Å²) in [4.78, 5) is 34.5. The SMILES string of the molecule is ClC12C=CC(=N1)C(c1cnc3ccccc3c1)=c1ccc([nH]1)=C(c1cnc3ccccc3c1)C1=NC(=C(c3cccnc3)c3ccc([nH]3)C2(Cl)c2cnc3ccccc3c2)C=C1. The van der Waals surface area contributed by atoms with Crippen LogP contribution in [-0.2, 0) is 4.87 Å². The van der Waals surface area contributed by atoms with Crippen LogP contribution in [0, 0.1) is 0 Å². The third-order valence-electron chi connectivity index (χ3n) is 11.9. The largest absolute Gasteiger partial charge is 0.356 e. The van der Waals surface area contributed by atoms with Crippen molar-refractivity contribution in [3.63, 3.8) is 0 Å². The Labute approximate surface area is 364 Å². The minimum Gasteiger partial charge on any atom is -0.356 e. The van der Waals surface area contributed by atoms with Gasteiger partial charge in [0.1, 0.15) is 0 Å². The van der Waals surface area contributed by atoms with Gasteiger partial charge in [-0.25, -0.2) is 4.99 Å². The molecule has 0 aliphatic carbocycles. The molecule has 9 heterocycles. The molecule has 2 N–H and O–H groups in total. The van der Waals surface area contributed by atoms with E-state index >= 15 is 0 Å². The maximum absolute atomic E-state index is 8.17. The molecule has 6 aromatic heterocycles. The highest BCUT2D eigenvalue weighted by atomic mass is 35.5. The van der Waals surface area contributed by atoms with Gasteiger partial charge in [-0.1, -0.05) is 72.3 Å². The number of para-hydroxylation sites is 3. The summed E-state index contributed by atoms with van der Waals surface area (Å²) >= 11 is 16.1. The quantitative estimate of drug-likeness (QED) is 0.136. The molecule has 294 valence electrons. The molecule has 9 aromatic rings. The highest BCUT2D eigenvalue weighted by Crippen LogP contribution is 2.53. The number of benzene rings is 3. The summed E-state index contributed by atoms with van der Waals surface area (Å²) in [7, 11) is 0. The lowest BCUT2D eigenvalue weighted by atomic mass is 9.87. The van der Waals surface area contributed by atoms with Crippen LogP contribution in [0.25, 0.3) is 49.4 Å². The Bertz CT molecular complexity index is 3630. The van der Waals surface area contributed by atoms with Crippen molar-refractivity contribution in [2.24, 2.45) is 9.98 Å². The van der Waals surface area contributed by atoms with Gasteiger partial charge in [-0.05, 0) is 91.0 Å². The molecule has 3 aromatic carbocycles. The predicted molar refractivity (Wildman–Crippen MR) is 250 cm³/mol. The van der Waals surface area contributed by atoms with Gasteiger partial charge < -0.3 is 9.97 Å². The van der Waals surface area contributed by atoms with Crippen LogP contribution >= 0.6 is 23.2 Å². The van der Waals surface area contributed by atoms with Crippen molar-refractivity contribution >= 4 is 84.1 Å². The molecule has 8 nitrogen and oxygen atoms in total. The number of alkyl halides is 2. The maximum atomic E-state index is 8.17. The van der Waals surface area contributed by atoms with Crippen molar-refractivity contribution in [3.8, 4) is 0 Å². The zero-order valence-corrected chi connectivity index (χ0v) is 34.3. The number of aromatic nitrogens is 6. The van der Waals surface area contributed by atoms with Crippen LogP contribution in [0.5, 0.6) is 0 Å². The van der Waals surface area contributed by atoms with Crippen LogP contribution in [0.2, 0.25) is 0 Å². The number of nitrogens with one attached hydrogen (secondary N) is 2. The van der Waals surface area contributed by atoms with Crippen molar-refractivity contribution in [2.75, 3.05) is 0 Å². The van der Waals surface area contributed by atoms with Gasteiger partial charge in [0.15, 0.2) is 9.87 Å². The van der Waals surface area contributed by atoms with Gasteiger partial charge in [0.2, 0.25) is 0 Å². The van der Waals surface area contributed by atoms with E-state index in [-0.39, 0.29) is 0 Å². The number of nitrogens with zero attached hydrogens (tertiary/aromatic N) is 6. The molecule has 2 atom stereocenters. The second kappa shape index (κ2) is 14.0. The molecule has 12 rings (SSSR count). The number of pyridine rings is 4. The number of allylic oxidation sites excluding steroid dienone is 3. The Hall–Kier alpha value is -7.52. The van der Waals surface area contributed by atoms with Gasteiger partial charge in [-0.15, -0.1) is 11.6 Å². The van der Waals surface area contributed by atoms with Crippen molar-refractivity contribution in [1.82, 2.24) is 29.9 Å². The van der Waals surface area contributed by atoms with E-state index in [2.05, 4.69) is 57.4 Å². The first-order valence-corrected chi connectivity index (χ1v) is 21.0. The summed E-state index contributed by atoms with van der Waals surface area (Å²) in [5.74, 6) is 0. The van der Waals surface area contributed by atoms with Crippen molar-refractivity contribution in [3.05, 3.63) is 233 Å². The fraction of sp³-hybridized carbons (Fsp3) is 0.0385. The second-order valence-corrected chi connectivity index (χ2v) is 16.7. The number of hydrogen-bond donors (Lipinski definition) is 2. The van der Waals surface area contributed by atoms with E-state index in [1.54, 1.807) is 12.4 Å². The Morgan fingerprint density at radius 2 is 1.13 bits per heavy atom. The van der Waals surface area contributed by atoms with Crippen molar-refractivity contribution < 1.29 is 0 Å². The monoisotopic (exact) mass is 838 g/mol. The molecule has 2 unspecified atom stereocenters. The lowest BCUT2D eigenvalue weighted by Gasteiger charge is -2.36. The number of hydrogen-bond acceptors (Lipinski definition) is 6. The molecule has 0 saturated carbocycles. The van der Waals surface area contributed by atoms with Crippen LogP contribution < -0.4 is 10.7 Å². The van der Waals surface area contributed by atoms with Gasteiger partial charge in [-0.3, -0.25) is 24.9 Å². The van der Waals surface area contributed by atoms with E-state index < -0.39 is 9.87 Å². The minimum absolute atomic E-state index is 0.627. The molecular formula is C52H32Cl2N8. The number of fused-ring (bicyclic) bond motifs is 9. The maximum Gasteiger partial charge on any atom is 0.181 e. The third kappa shape index (κ3) is 5.75. The first kappa shape index (κ1) is 36.3. The number of H-pyrrole nitrogens is 2. The lowest BCUT2D eigenvalue weighted by molar-refractivity contribution is 0.568. The average Bonchev–Trinajstić information content (AvgIpc) is 4.16. The smallest absolute Gasteiger partial charge is 0.181 e. The summed E-state index contributed by atoms with van der Waals surface area (Å²) < 4.78 is 0. The van der Waals surface area contributed by atoms with E-state index in [9.17, 15) is 0 Å². The summed E-state index contributed by atoms with van der Waals surface area (Å²) in [6.45, 7) is 0. The molecule has 62 heavy (non-hydrogen) atoms. The molecule has 0 fully saturated rings. The third-order valence-corrected chi connectivity index (χ3v) is 13.2. The van der Waals surface area contributed by atoms with Crippen molar-refractivity contribution in [2.45, 2.75) is 9.87 Å². The van der Waals surface area contributed by atoms with Crippen LogP contribution in [-0.4, -0.2) is 46.3 Å². The first-order chi connectivity index (χ1) is 30.4. The zero-order valence-electron chi connectivity index (χ0n) is 32.8. The number of halogens is 2. The fourth-order valence-electron chi connectivity index (χ4n) is 8.90. The summed E-state index contributed by atoms with van der Waals surface area (Å²) in [5, 5.41) is 4.60. The fourth-order valence-corrected chi connectivity index (χ4v) is 9.58. The highest BCUT2D eigenvalue weighted by molar-refractivity contribution is 6.41. The van der Waals surface area contributed by atoms with E-state index in [0.717, 1.165) is 93.9 Å². The Morgan fingerprint density at radius 3 is 1.79 bits per heavy atom. The molecule has 0 spiro atoms. The molecular weight excluding hydrogens is 808 g/mol. The van der Waals surface area contributed by atoms with E-state index in [0.29, 0.717) is 17.0 Å². The van der Waals surface area contributed by atoms with Crippen LogP contribution in [0.3, 0.4) is 0 Å². The lowest BCUT2D eigenvalue weighted by Crippen LogP contribution is -2.41. The highest BCUT2D eigenvalue weighted by Gasteiger charge is 2.54. The normalized spacial score (nSPS) is 19.5. The van der Waals surface area contributed by atoms with E-state index in [1.807, 2.05) is 128 Å². The van der Waals surface area contributed by atoms with E-state index in [4.69, 9.17) is 48.1 Å². The molecule has 3 aliphatic heterocycles. The minimum atomic E-state index is -1.54. The van der Waals surface area contributed by atoms with Gasteiger partial charge in [-0.2, -0.15) is 0 Å². The number of rotatable bonds is 4. The molecule has 10 heteroatoms. The molecule has 0 radical (unpaired) electrons. The molecule has 3 aliphatic rings. The standard InChI is InChI=1S/C52H32Cl2N8/c53-51-22-21-46(62-51)50(36-25-32-9-2-5-13-39(32)57-29-36)44-18-17-43(60-44)49(35-24-31-8-1-4-12-38(31)56-28-35)42-16-15-41(59-42)48(34-11-7-23-55-27-34)45-19-20-47(61-45)52(51,54)37-26-33-10-3-6-14-40(33)58-30-37/h1-30,60-61H. The number of aromatic amines is 2. The van der Waals surface area contributed by atoms with Gasteiger partial charge >= 0.3 is 0 Å². The van der Waals surface area contributed by atoms with E-state index in [1.165, 1.54) is 0 Å². The predicted octanol–water partition coefficient (Wildman–Crippen LogP) is 9.69. The summed E-state index contributed by atoms with van der Waals surface area (Å²) in [6, 6.07) is 42.6. The topological polar surface area (TPSA) is 108 Å². The Balaban J connectivity index is 1.20. The Kier molecular flexibility index (Phi) is 8.22. The molecule has 8 bridgehead atoms. The zero-order chi connectivity index (χ0) is 41.4. The van der Waals surface area contributed by atoms with Crippen molar-refractivity contribution in [1.29, 1.82) is 0 Å². The van der Waals surface area contributed by atoms with Crippen LogP contribution in [0.1, 0.15) is 33.6 Å². The van der Waals surface area contributed by atoms with Crippen LogP contribution in [0.15, 0.2) is 198 Å². The summed E-state index contributed by atoms with van der Waals surface area (Å²) in [6.07, 6.45) is 17.2.